The molecule has 0 aliphatic carbocycles. The Hall–Kier alpha value is -1.61. The highest BCUT2D eigenvalue weighted by Gasteiger charge is 2.33. The van der Waals surface area contributed by atoms with Gasteiger partial charge in [-0.3, -0.25) is 0 Å². The summed E-state index contributed by atoms with van der Waals surface area (Å²) in [7, 11) is -4.16. The first kappa shape index (κ1) is 19.4. The van der Waals surface area contributed by atoms with E-state index in [2.05, 4.69) is 4.72 Å². The predicted octanol–water partition coefficient (Wildman–Crippen LogP) is 2.73. The molecule has 0 atom stereocenters. The van der Waals surface area contributed by atoms with Crippen LogP contribution in [0.3, 0.4) is 0 Å². The first-order valence-corrected chi connectivity index (χ1v) is 8.29. The van der Waals surface area contributed by atoms with Crippen molar-refractivity contribution in [1.29, 1.82) is 0 Å². The molecule has 1 aromatic carbocycles. The van der Waals surface area contributed by atoms with Crippen molar-refractivity contribution in [2.45, 2.75) is 44.3 Å². The fourth-order valence-corrected chi connectivity index (χ4v) is 2.89. The summed E-state index contributed by atoms with van der Waals surface area (Å²) in [6, 6.07) is 2.25. The van der Waals surface area contributed by atoms with Crippen molar-refractivity contribution in [1.82, 2.24) is 4.72 Å². The average Bonchev–Trinajstić information content (AvgIpc) is 2.36. The molecule has 5 nitrogen and oxygen atoms in total. The van der Waals surface area contributed by atoms with Crippen molar-refractivity contribution in [3.63, 3.8) is 0 Å². The fraction of sp³-hybridized carbons (Fsp3) is 0.500. The van der Waals surface area contributed by atoms with E-state index in [1.807, 2.05) is 0 Å². The van der Waals surface area contributed by atoms with Gasteiger partial charge in [-0.25, -0.2) is 17.9 Å². The van der Waals surface area contributed by atoms with E-state index in [4.69, 9.17) is 0 Å². The maximum atomic E-state index is 12.8. The molecule has 0 spiro atoms. The number of nitrogens with zero attached hydrogens (tertiary/aromatic N) is 1. The van der Waals surface area contributed by atoms with Crippen molar-refractivity contribution in [2.75, 3.05) is 6.54 Å². The minimum absolute atomic E-state index is 0.0123. The van der Waals surface area contributed by atoms with Crippen molar-refractivity contribution in [2.24, 2.45) is 0 Å². The summed E-state index contributed by atoms with van der Waals surface area (Å²) in [4.78, 5) is -0.584. The third kappa shape index (κ3) is 4.93. The molecular formula is C14H19F3N2O3S. The van der Waals surface area contributed by atoms with Gasteiger partial charge in [0.15, 0.2) is 11.8 Å². The molecule has 0 saturated heterocycles. The summed E-state index contributed by atoms with van der Waals surface area (Å²) in [5, 5.41) is 12.0. The lowest BCUT2D eigenvalue weighted by Gasteiger charge is -2.19. The lowest BCUT2D eigenvalue weighted by molar-refractivity contribution is -0.530. The zero-order valence-electron chi connectivity index (χ0n) is 13.2. The summed E-state index contributed by atoms with van der Waals surface area (Å²) in [6.45, 7) is 6.30. The van der Waals surface area contributed by atoms with E-state index in [0.29, 0.717) is 10.8 Å². The second-order valence-electron chi connectivity index (χ2n) is 5.88. The molecule has 0 aromatic heterocycles. The molecule has 1 rings (SSSR count). The number of benzene rings is 1. The SMILES string of the molecule is CCNS(=O)(=O)c1cc(C(F)(F)F)ccc1/C=[N+](\[O-])C(C)(C)C. The van der Waals surface area contributed by atoms with Crippen LogP contribution in [0.4, 0.5) is 13.2 Å². The number of hydroxylamine groups is 1. The first-order valence-electron chi connectivity index (χ1n) is 6.81. The second kappa shape index (κ2) is 6.48. The van der Waals surface area contributed by atoms with Crippen LogP contribution < -0.4 is 4.72 Å². The lowest BCUT2D eigenvalue weighted by atomic mass is 10.1. The van der Waals surface area contributed by atoms with Crippen LogP contribution >= 0.6 is 0 Å². The van der Waals surface area contributed by atoms with Crippen LogP contribution in [0.15, 0.2) is 23.1 Å². The molecule has 0 bridgehead atoms. The molecule has 23 heavy (non-hydrogen) atoms. The summed E-state index contributed by atoms with van der Waals surface area (Å²) in [6.07, 6.45) is -3.71. The highest BCUT2D eigenvalue weighted by atomic mass is 32.2. The van der Waals surface area contributed by atoms with E-state index in [1.165, 1.54) is 6.92 Å². The van der Waals surface area contributed by atoms with E-state index in [0.717, 1.165) is 18.3 Å². The largest absolute Gasteiger partial charge is 0.623 e. The van der Waals surface area contributed by atoms with E-state index in [-0.39, 0.29) is 12.1 Å². The van der Waals surface area contributed by atoms with Gasteiger partial charge in [0, 0.05) is 27.3 Å². The van der Waals surface area contributed by atoms with Gasteiger partial charge < -0.3 is 5.21 Å². The van der Waals surface area contributed by atoms with Crippen LogP contribution in [0, 0.1) is 5.21 Å². The highest BCUT2D eigenvalue weighted by molar-refractivity contribution is 7.89. The second-order valence-corrected chi connectivity index (χ2v) is 7.61. The van der Waals surface area contributed by atoms with Crippen LogP contribution in [0.25, 0.3) is 0 Å². The Labute approximate surface area is 133 Å². The van der Waals surface area contributed by atoms with Crippen molar-refractivity contribution < 1.29 is 26.3 Å². The van der Waals surface area contributed by atoms with Crippen molar-refractivity contribution in [3.8, 4) is 0 Å². The van der Waals surface area contributed by atoms with Gasteiger partial charge in [-0.15, -0.1) is 0 Å². The molecule has 0 aliphatic rings. The standard InChI is InChI=1S/C14H19F3N2O3S/c1-5-18-23(21,22)12-8-11(14(15,16)17)7-6-10(12)9-19(20)13(2,3)4/h6-9,18H,5H2,1-4H3/b19-9-. The Kier molecular flexibility index (Phi) is 5.48. The molecule has 0 saturated carbocycles. The molecule has 0 heterocycles. The van der Waals surface area contributed by atoms with Crippen LogP contribution in [-0.4, -0.2) is 31.5 Å². The maximum Gasteiger partial charge on any atom is 0.416 e. The molecule has 1 N–H and O–H groups in total. The van der Waals surface area contributed by atoms with Gasteiger partial charge in [0.2, 0.25) is 10.0 Å². The average molecular weight is 352 g/mol. The Balaban J connectivity index is 3.60. The van der Waals surface area contributed by atoms with E-state index in [9.17, 15) is 26.8 Å². The van der Waals surface area contributed by atoms with E-state index in [1.54, 1.807) is 20.8 Å². The quantitative estimate of drug-likeness (QED) is 0.392. The van der Waals surface area contributed by atoms with Crippen LogP contribution in [-0.2, 0) is 16.2 Å². The minimum atomic E-state index is -4.68. The molecular weight excluding hydrogens is 333 g/mol. The normalized spacial score (nSPS) is 14.1. The monoisotopic (exact) mass is 352 g/mol. The molecule has 0 radical (unpaired) electrons. The Morgan fingerprint density at radius 2 is 1.83 bits per heavy atom. The topological polar surface area (TPSA) is 72.2 Å². The van der Waals surface area contributed by atoms with Gasteiger partial charge in [0.1, 0.15) is 0 Å². The molecule has 0 amide bonds. The van der Waals surface area contributed by atoms with Gasteiger partial charge in [0.25, 0.3) is 0 Å². The number of rotatable bonds is 4. The van der Waals surface area contributed by atoms with E-state index >= 15 is 0 Å². The molecule has 1 aromatic rings. The zero-order valence-corrected chi connectivity index (χ0v) is 14.0. The van der Waals surface area contributed by atoms with Gasteiger partial charge in [-0.2, -0.15) is 13.2 Å². The summed E-state index contributed by atoms with van der Waals surface area (Å²) < 4.78 is 65.4. The molecule has 130 valence electrons. The lowest BCUT2D eigenvalue weighted by Crippen LogP contribution is -2.30. The molecule has 0 unspecified atom stereocenters. The summed E-state index contributed by atoms with van der Waals surface area (Å²) in [5.41, 5.74) is -2.06. The van der Waals surface area contributed by atoms with Crippen molar-refractivity contribution in [3.05, 3.63) is 34.5 Å². The third-order valence-corrected chi connectivity index (χ3v) is 4.48. The molecule has 0 aliphatic heterocycles. The Bertz CT molecular complexity index is 705. The number of halogens is 3. The predicted molar refractivity (Wildman–Crippen MR) is 80.9 cm³/mol. The van der Waals surface area contributed by atoms with Crippen molar-refractivity contribution >= 4 is 16.2 Å². The molecule has 0 fully saturated rings. The zero-order chi connectivity index (χ0) is 18.1. The van der Waals surface area contributed by atoms with Gasteiger partial charge in [-0.05, 0) is 18.2 Å². The summed E-state index contributed by atoms with van der Waals surface area (Å²) in [5.74, 6) is 0. The maximum absolute atomic E-state index is 12.8. The number of nitrogens with one attached hydrogen (secondary N) is 1. The van der Waals surface area contributed by atoms with Gasteiger partial charge in [0.05, 0.1) is 16.0 Å². The summed E-state index contributed by atoms with van der Waals surface area (Å²) >= 11 is 0. The van der Waals surface area contributed by atoms with Crippen LogP contribution in [0.5, 0.6) is 0 Å². The highest BCUT2D eigenvalue weighted by Crippen LogP contribution is 2.31. The number of alkyl halides is 3. The number of hydrogen-bond acceptors (Lipinski definition) is 3. The van der Waals surface area contributed by atoms with Crippen LogP contribution in [0.1, 0.15) is 38.8 Å². The fourth-order valence-electron chi connectivity index (χ4n) is 1.64. The first-order chi connectivity index (χ1) is 10.3. The number of hydrogen-bond donors (Lipinski definition) is 1. The number of sulfonamides is 1. The van der Waals surface area contributed by atoms with E-state index < -0.39 is 32.2 Å². The molecule has 9 heteroatoms. The van der Waals surface area contributed by atoms with Crippen LogP contribution in [0.2, 0.25) is 0 Å². The smallest absolute Gasteiger partial charge is 0.416 e. The Morgan fingerprint density at radius 3 is 2.26 bits per heavy atom. The van der Waals surface area contributed by atoms with Gasteiger partial charge >= 0.3 is 6.18 Å². The Morgan fingerprint density at radius 1 is 1.26 bits per heavy atom. The third-order valence-electron chi connectivity index (χ3n) is 2.88. The van der Waals surface area contributed by atoms with Gasteiger partial charge in [-0.1, -0.05) is 6.92 Å². The minimum Gasteiger partial charge on any atom is -0.623 e.